The number of aryl methyl sites for hydroxylation is 1. The van der Waals surface area contributed by atoms with E-state index in [4.69, 9.17) is 25.5 Å². The maximum absolute atomic E-state index is 12.5. The van der Waals surface area contributed by atoms with Crippen molar-refractivity contribution in [2.45, 2.75) is 13.5 Å². The first-order valence-corrected chi connectivity index (χ1v) is 10.6. The summed E-state index contributed by atoms with van der Waals surface area (Å²) in [5, 5.41) is 0.567. The van der Waals surface area contributed by atoms with Gasteiger partial charge in [0.25, 0.3) is 0 Å². The van der Waals surface area contributed by atoms with Crippen LogP contribution in [-0.2, 0) is 11.3 Å². The van der Waals surface area contributed by atoms with Gasteiger partial charge in [0, 0.05) is 24.3 Å². The molecule has 0 N–H and O–H groups in total. The van der Waals surface area contributed by atoms with Crippen LogP contribution >= 0.6 is 11.6 Å². The number of benzene rings is 2. The number of ether oxygens (including phenoxy) is 2. The maximum Gasteiger partial charge on any atom is 0.185 e. The quantitative estimate of drug-likeness (QED) is 0.358. The predicted molar refractivity (Wildman–Crippen MR) is 122 cm³/mol. The monoisotopic (exact) mass is 437 g/mol. The van der Waals surface area contributed by atoms with Gasteiger partial charge in [-0.15, -0.1) is 0 Å². The molecular weight excluding hydrogens is 414 g/mol. The van der Waals surface area contributed by atoms with E-state index in [2.05, 4.69) is 4.90 Å². The number of rotatable bonds is 7. The average Bonchev–Trinajstić information content (AvgIpc) is 3.26. The van der Waals surface area contributed by atoms with Crippen LogP contribution in [0.1, 0.15) is 27.4 Å². The van der Waals surface area contributed by atoms with Gasteiger partial charge in [0.1, 0.15) is 23.9 Å². The molecule has 0 radical (unpaired) electrons. The van der Waals surface area contributed by atoms with Gasteiger partial charge in [-0.1, -0.05) is 23.7 Å². The van der Waals surface area contributed by atoms with Gasteiger partial charge in [-0.3, -0.25) is 4.79 Å². The van der Waals surface area contributed by atoms with Crippen LogP contribution in [0, 0.1) is 6.92 Å². The molecule has 1 aromatic heterocycles. The molecule has 1 saturated heterocycles. The van der Waals surface area contributed by atoms with Crippen LogP contribution in [0.25, 0.3) is 6.08 Å². The second-order valence-corrected chi connectivity index (χ2v) is 7.73. The van der Waals surface area contributed by atoms with E-state index in [1.807, 2.05) is 55.5 Å². The number of anilines is 1. The minimum Gasteiger partial charge on any atom is -0.484 e. The van der Waals surface area contributed by atoms with Crippen LogP contribution < -0.4 is 9.64 Å². The Morgan fingerprint density at radius 3 is 2.61 bits per heavy atom. The van der Waals surface area contributed by atoms with Crippen molar-refractivity contribution in [3.05, 3.63) is 88.3 Å². The fraction of sp³-hybridized carbons (Fsp3) is 0.240. The molecular formula is C25H24ClNO4. The lowest BCUT2D eigenvalue weighted by atomic mass is 10.1. The molecule has 2 heterocycles. The van der Waals surface area contributed by atoms with Gasteiger partial charge < -0.3 is 18.8 Å². The molecule has 160 valence electrons. The molecule has 1 aliphatic rings. The molecule has 0 aliphatic carbocycles. The minimum atomic E-state index is -0.0746. The maximum atomic E-state index is 12.5. The number of carbonyl (C=O) groups is 1. The van der Waals surface area contributed by atoms with Crippen LogP contribution in [0.4, 0.5) is 5.69 Å². The predicted octanol–water partition coefficient (Wildman–Crippen LogP) is 5.55. The summed E-state index contributed by atoms with van der Waals surface area (Å²) in [5.41, 5.74) is 2.70. The molecule has 0 spiro atoms. The third-order valence-corrected chi connectivity index (χ3v) is 5.43. The molecule has 0 saturated carbocycles. The topological polar surface area (TPSA) is 51.9 Å². The molecule has 0 unspecified atom stereocenters. The Balaban J connectivity index is 1.34. The number of halogens is 1. The van der Waals surface area contributed by atoms with Crippen molar-refractivity contribution < 1.29 is 18.7 Å². The third kappa shape index (κ3) is 5.37. The number of carbonyl (C=O) groups excluding carboxylic acids is 1. The summed E-state index contributed by atoms with van der Waals surface area (Å²) in [6, 6.07) is 16.9. The Labute approximate surface area is 186 Å². The Hall–Kier alpha value is -3.02. The van der Waals surface area contributed by atoms with Gasteiger partial charge >= 0.3 is 0 Å². The van der Waals surface area contributed by atoms with Crippen LogP contribution in [0.3, 0.4) is 0 Å². The lowest BCUT2D eigenvalue weighted by Crippen LogP contribution is -2.36. The van der Waals surface area contributed by atoms with Crippen molar-refractivity contribution in [2.75, 3.05) is 31.2 Å². The zero-order valence-corrected chi connectivity index (χ0v) is 18.1. The Morgan fingerprint density at radius 2 is 1.87 bits per heavy atom. The van der Waals surface area contributed by atoms with Crippen molar-refractivity contribution in [1.82, 2.24) is 0 Å². The second kappa shape index (κ2) is 9.86. The Bertz CT molecular complexity index is 1050. The number of nitrogens with zero attached hydrogens (tertiary/aromatic N) is 1. The molecule has 0 atom stereocenters. The summed E-state index contributed by atoms with van der Waals surface area (Å²) in [6.07, 6.45) is 3.19. The molecule has 1 fully saturated rings. The van der Waals surface area contributed by atoms with E-state index in [-0.39, 0.29) is 12.4 Å². The van der Waals surface area contributed by atoms with Gasteiger partial charge in [-0.25, -0.2) is 0 Å². The first kappa shape index (κ1) is 21.2. The van der Waals surface area contributed by atoms with E-state index in [1.165, 1.54) is 6.08 Å². The molecule has 4 rings (SSSR count). The molecule has 5 nitrogen and oxygen atoms in total. The third-order valence-electron chi connectivity index (χ3n) is 5.13. The fourth-order valence-electron chi connectivity index (χ4n) is 3.42. The summed E-state index contributed by atoms with van der Waals surface area (Å²) in [4.78, 5) is 14.8. The first-order chi connectivity index (χ1) is 15.1. The van der Waals surface area contributed by atoms with E-state index in [9.17, 15) is 4.79 Å². The van der Waals surface area contributed by atoms with E-state index in [0.29, 0.717) is 27.9 Å². The SMILES string of the molecule is Cc1cccc(Cl)c1OCc1ccc(/C=C/C(=O)c2ccc(N3CCOCC3)cc2)o1. The van der Waals surface area contributed by atoms with Gasteiger partial charge in [0.2, 0.25) is 0 Å². The summed E-state index contributed by atoms with van der Waals surface area (Å²) in [7, 11) is 0. The van der Waals surface area contributed by atoms with Crippen LogP contribution in [0.15, 0.2) is 65.1 Å². The molecule has 1 aliphatic heterocycles. The van der Waals surface area contributed by atoms with Crippen molar-refractivity contribution >= 4 is 29.1 Å². The van der Waals surface area contributed by atoms with Gasteiger partial charge in [0.05, 0.1) is 18.2 Å². The van der Waals surface area contributed by atoms with Crippen LogP contribution in [0.2, 0.25) is 5.02 Å². The first-order valence-electron chi connectivity index (χ1n) is 10.2. The smallest absolute Gasteiger partial charge is 0.185 e. The summed E-state index contributed by atoms with van der Waals surface area (Å²) in [6.45, 7) is 5.41. The zero-order chi connectivity index (χ0) is 21.6. The van der Waals surface area contributed by atoms with Gasteiger partial charge in [-0.05, 0) is 67.1 Å². The van der Waals surface area contributed by atoms with E-state index in [1.54, 1.807) is 12.1 Å². The summed E-state index contributed by atoms with van der Waals surface area (Å²) in [5.74, 6) is 1.82. The number of furan rings is 1. The highest BCUT2D eigenvalue weighted by Gasteiger charge is 2.12. The molecule has 31 heavy (non-hydrogen) atoms. The van der Waals surface area contributed by atoms with E-state index < -0.39 is 0 Å². The Kier molecular flexibility index (Phi) is 6.75. The largest absolute Gasteiger partial charge is 0.484 e. The fourth-order valence-corrected chi connectivity index (χ4v) is 3.69. The van der Waals surface area contributed by atoms with Gasteiger partial charge in [0.15, 0.2) is 5.78 Å². The van der Waals surface area contributed by atoms with Crippen molar-refractivity contribution in [3.8, 4) is 5.75 Å². The minimum absolute atomic E-state index is 0.0746. The number of hydrogen-bond donors (Lipinski definition) is 0. The highest BCUT2D eigenvalue weighted by Crippen LogP contribution is 2.29. The standard InChI is InChI=1S/C25H24ClNO4/c1-18-3-2-4-23(26)25(18)30-17-22-10-9-21(31-22)11-12-24(28)19-5-7-20(8-6-19)27-13-15-29-16-14-27/h2-12H,13-17H2,1H3/b12-11+. The van der Waals surface area contributed by atoms with Crippen molar-refractivity contribution in [3.63, 3.8) is 0 Å². The van der Waals surface area contributed by atoms with E-state index >= 15 is 0 Å². The highest BCUT2D eigenvalue weighted by atomic mass is 35.5. The summed E-state index contributed by atoms with van der Waals surface area (Å²) < 4.78 is 16.9. The average molecular weight is 438 g/mol. The van der Waals surface area contributed by atoms with Gasteiger partial charge in [-0.2, -0.15) is 0 Å². The lowest BCUT2D eigenvalue weighted by Gasteiger charge is -2.28. The normalized spacial score (nSPS) is 14.2. The van der Waals surface area contributed by atoms with E-state index in [0.717, 1.165) is 37.6 Å². The number of hydrogen-bond acceptors (Lipinski definition) is 5. The molecule has 0 amide bonds. The summed E-state index contributed by atoms with van der Waals surface area (Å²) >= 11 is 6.19. The molecule has 2 aromatic carbocycles. The number of ketones is 1. The molecule has 6 heteroatoms. The van der Waals surface area contributed by atoms with Crippen molar-refractivity contribution in [1.29, 1.82) is 0 Å². The number of morpholine rings is 1. The number of para-hydroxylation sites is 1. The Morgan fingerprint density at radius 1 is 1.10 bits per heavy atom. The zero-order valence-electron chi connectivity index (χ0n) is 17.3. The lowest BCUT2D eigenvalue weighted by molar-refractivity contribution is 0.104. The van der Waals surface area contributed by atoms with Crippen LogP contribution in [0.5, 0.6) is 5.75 Å². The molecule has 3 aromatic rings. The highest BCUT2D eigenvalue weighted by molar-refractivity contribution is 6.32. The van der Waals surface area contributed by atoms with Crippen molar-refractivity contribution in [2.24, 2.45) is 0 Å². The second-order valence-electron chi connectivity index (χ2n) is 7.32. The van der Waals surface area contributed by atoms with Crippen LogP contribution in [-0.4, -0.2) is 32.1 Å². The molecule has 0 bridgehead atoms. The number of allylic oxidation sites excluding steroid dienone is 1.